The molecule has 0 spiro atoms. The number of rotatable bonds is 6. The SMILES string of the molecule is CC(C)C1CCC(O)(N2CC(NC(=O)CNc3ncnc4ccc(C(F)(F)F)cc34)C2)CC1. The molecule has 33 heavy (non-hydrogen) atoms. The van der Waals surface area contributed by atoms with Crippen LogP contribution in [0.4, 0.5) is 19.0 Å². The lowest BCUT2D eigenvalue weighted by atomic mass is 9.76. The van der Waals surface area contributed by atoms with Crippen LogP contribution in [0.2, 0.25) is 0 Å². The van der Waals surface area contributed by atoms with Gasteiger partial charge < -0.3 is 15.7 Å². The number of nitrogens with one attached hydrogen (secondary N) is 2. The van der Waals surface area contributed by atoms with E-state index in [0.717, 1.165) is 37.8 Å². The number of likely N-dealkylation sites (tertiary alicyclic amines) is 1. The van der Waals surface area contributed by atoms with E-state index in [9.17, 15) is 23.1 Å². The van der Waals surface area contributed by atoms with Crippen LogP contribution < -0.4 is 10.6 Å². The molecule has 3 N–H and O–H groups in total. The first-order chi connectivity index (χ1) is 15.5. The fourth-order valence-electron chi connectivity index (χ4n) is 4.81. The summed E-state index contributed by atoms with van der Waals surface area (Å²) in [6.07, 6.45) is 0.280. The number of carbonyl (C=O) groups excluding carboxylic acids is 1. The van der Waals surface area contributed by atoms with Crippen LogP contribution in [-0.2, 0) is 11.0 Å². The van der Waals surface area contributed by atoms with Crippen molar-refractivity contribution in [2.24, 2.45) is 11.8 Å². The number of hydrogen-bond acceptors (Lipinski definition) is 6. The molecule has 0 bridgehead atoms. The van der Waals surface area contributed by atoms with Gasteiger partial charge in [-0.2, -0.15) is 13.2 Å². The summed E-state index contributed by atoms with van der Waals surface area (Å²) < 4.78 is 39.2. The van der Waals surface area contributed by atoms with Gasteiger partial charge in [0.05, 0.1) is 23.7 Å². The molecule has 2 aliphatic rings. The van der Waals surface area contributed by atoms with E-state index in [1.165, 1.54) is 12.4 Å². The second-order valence-corrected chi connectivity index (χ2v) is 9.54. The molecule has 2 aromatic rings. The molecule has 0 unspecified atom stereocenters. The highest BCUT2D eigenvalue weighted by molar-refractivity contribution is 5.91. The summed E-state index contributed by atoms with van der Waals surface area (Å²) in [4.78, 5) is 22.4. The second-order valence-electron chi connectivity index (χ2n) is 9.54. The Morgan fingerprint density at radius 1 is 1.24 bits per heavy atom. The van der Waals surface area contributed by atoms with Gasteiger partial charge in [-0.25, -0.2) is 9.97 Å². The minimum absolute atomic E-state index is 0.0647. The third kappa shape index (κ3) is 5.22. The predicted octanol–water partition coefficient (Wildman–Crippen LogP) is 3.40. The molecule has 1 saturated carbocycles. The Morgan fingerprint density at radius 2 is 1.94 bits per heavy atom. The van der Waals surface area contributed by atoms with Gasteiger partial charge in [-0.15, -0.1) is 0 Å². The van der Waals surface area contributed by atoms with Crippen LogP contribution in [0.3, 0.4) is 0 Å². The van der Waals surface area contributed by atoms with E-state index in [1.54, 1.807) is 0 Å². The summed E-state index contributed by atoms with van der Waals surface area (Å²) in [6, 6.07) is 3.17. The van der Waals surface area contributed by atoms with Crippen LogP contribution in [0.5, 0.6) is 0 Å². The molecule has 1 amide bonds. The molecule has 10 heteroatoms. The van der Waals surface area contributed by atoms with Crippen molar-refractivity contribution in [1.29, 1.82) is 0 Å². The molecule has 1 aromatic carbocycles. The lowest BCUT2D eigenvalue weighted by Gasteiger charge is -2.52. The van der Waals surface area contributed by atoms with E-state index in [2.05, 4.69) is 34.4 Å². The fourth-order valence-corrected chi connectivity index (χ4v) is 4.81. The Kier molecular flexibility index (Phi) is 6.50. The van der Waals surface area contributed by atoms with E-state index in [4.69, 9.17) is 0 Å². The number of nitrogens with zero attached hydrogens (tertiary/aromatic N) is 3. The number of benzene rings is 1. The average Bonchev–Trinajstić information content (AvgIpc) is 2.73. The van der Waals surface area contributed by atoms with Gasteiger partial charge in [-0.3, -0.25) is 9.69 Å². The second kappa shape index (κ2) is 9.06. The number of fused-ring (bicyclic) bond motifs is 1. The Balaban J connectivity index is 1.28. The summed E-state index contributed by atoms with van der Waals surface area (Å²) in [7, 11) is 0. The van der Waals surface area contributed by atoms with Gasteiger partial charge in [0, 0.05) is 18.5 Å². The summed E-state index contributed by atoms with van der Waals surface area (Å²) in [6.45, 7) is 5.48. The lowest BCUT2D eigenvalue weighted by Crippen LogP contribution is -2.67. The average molecular weight is 466 g/mol. The molecule has 1 saturated heterocycles. The molecule has 180 valence electrons. The van der Waals surface area contributed by atoms with Gasteiger partial charge in [0.25, 0.3) is 0 Å². The molecular formula is C23H30F3N5O2. The fraction of sp³-hybridized carbons (Fsp3) is 0.609. The first-order valence-corrected chi connectivity index (χ1v) is 11.4. The van der Waals surface area contributed by atoms with Gasteiger partial charge in [0.15, 0.2) is 0 Å². The molecule has 1 aliphatic heterocycles. The van der Waals surface area contributed by atoms with Crippen LogP contribution in [0.15, 0.2) is 24.5 Å². The van der Waals surface area contributed by atoms with E-state index in [0.29, 0.717) is 30.4 Å². The zero-order valence-electron chi connectivity index (χ0n) is 18.8. The zero-order valence-corrected chi connectivity index (χ0v) is 18.8. The maximum Gasteiger partial charge on any atom is 0.416 e. The summed E-state index contributed by atoms with van der Waals surface area (Å²) >= 11 is 0. The smallest absolute Gasteiger partial charge is 0.376 e. The van der Waals surface area contributed by atoms with Gasteiger partial charge in [-0.1, -0.05) is 13.8 Å². The third-order valence-electron chi connectivity index (χ3n) is 6.99. The summed E-state index contributed by atoms with van der Waals surface area (Å²) in [5.74, 6) is 1.16. The van der Waals surface area contributed by atoms with Gasteiger partial charge in [-0.05, 0) is 55.7 Å². The molecule has 7 nitrogen and oxygen atoms in total. The first-order valence-electron chi connectivity index (χ1n) is 11.4. The zero-order chi connectivity index (χ0) is 23.8. The van der Waals surface area contributed by atoms with Crippen molar-refractivity contribution in [2.45, 2.75) is 57.5 Å². The van der Waals surface area contributed by atoms with Crippen LogP contribution in [0.1, 0.15) is 45.1 Å². The number of carbonyl (C=O) groups is 1. The van der Waals surface area contributed by atoms with Crippen molar-refractivity contribution in [3.05, 3.63) is 30.1 Å². The Morgan fingerprint density at radius 3 is 2.58 bits per heavy atom. The van der Waals surface area contributed by atoms with Crippen molar-refractivity contribution in [3.63, 3.8) is 0 Å². The molecule has 4 rings (SSSR count). The van der Waals surface area contributed by atoms with Crippen molar-refractivity contribution in [2.75, 3.05) is 25.0 Å². The predicted molar refractivity (Wildman–Crippen MR) is 118 cm³/mol. The third-order valence-corrected chi connectivity index (χ3v) is 6.99. The molecule has 1 aliphatic carbocycles. The van der Waals surface area contributed by atoms with Gasteiger partial charge in [0.2, 0.25) is 5.91 Å². The number of aliphatic hydroxyl groups is 1. The van der Waals surface area contributed by atoms with Crippen molar-refractivity contribution in [3.8, 4) is 0 Å². The normalized spacial score (nSPS) is 24.6. The molecule has 0 atom stereocenters. The molecule has 0 radical (unpaired) electrons. The topological polar surface area (TPSA) is 90.4 Å². The highest BCUT2D eigenvalue weighted by Crippen LogP contribution is 2.39. The van der Waals surface area contributed by atoms with Crippen LogP contribution >= 0.6 is 0 Å². The quantitative estimate of drug-likeness (QED) is 0.606. The highest BCUT2D eigenvalue weighted by Gasteiger charge is 2.45. The van der Waals surface area contributed by atoms with Crippen LogP contribution in [0, 0.1) is 11.8 Å². The monoisotopic (exact) mass is 465 g/mol. The highest BCUT2D eigenvalue weighted by atomic mass is 19.4. The molecule has 2 fully saturated rings. The van der Waals surface area contributed by atoms with Crippen molar-refractivity contribution < 1.29 is 23.1 Å². The number of halogens is 3. The van der Waals surface area contributed by atoms with E-state index in [1.807, 2.05) is 4.90 Å². The maximum atomic E-state index is 13.1. The largest absolute Gasteiger partial charge is 0.416 e. The van der Waals surface area contributed by atoms with E-state index in [-0.39, 0.29) is 29.7 Å². The molecule has 1 aromatic heterocycles. The maximum absolute atomic E-state index is 13.1. The van der Waals surface area contributed by atoms with E-state index >= 15 is 0 Å². The number of anilines is 1. The number of hydrogen-bond donors (Lipinski definition) is 3. The van der Waals surface area contributed by atoms with Crippen LogP contribution in [-0.4, -0.2) is 57.3 Å². The summed E-state index contributed by atoms with van der Waals surface area (Å²) in [5.41, 5.74) is -1.23. The molecular weight excluding hydrogens is 435 g/mol. The Bertz CT molecular complexity index is 999. The first kappa shape index (κ1) is 23.7. The van der Waals surface area contributed by atoms with Gasteiger partial charge in [0.1, 0.15) is 17.9 Å². The minimum atomic E-state index is -4.48. The standard InChI is InChI=1S/C23H30F3N5O2/c1-14(2)15-5-7-22(33,8-6-15)31-11-17(12-31)30-20(32)10-27-21-18-9-16(23(24,25)26)3-4-19(18)28-13-29-21/h3-4,9,13-15,17,33H,5-8,10-12H2,1-2H3,(H,30,32)(H,27,28,29). The number of amides is 1. The van der Waals surface area contributed by atoms with E-state index < -0.39 is 17.5 Å². The summed E-state index contributed by atoms with van der Waals surface area (Å²) in [5, 5.41) is 16.9. The number of aromatic nitrogens is 2. The Labute approximate surface area is 190 Å². The van der Waals surface area contributed by atoms with Crippen LogP contribution in [0.25, 0.3) is 10.9 Å². The number of alkyl halides is 3. The van der Waals surface area contributed by atoms with Crippen molar-refractivity contribution >= 4 is 22.6 Å². The van der Waals surface area contributed by atoms with Crippen molar-refractivity contribution in [1.82, 2.24) is 20.2 Å². The minimum Gasteiger partial charge on any atom is -0.376 e. The lowest BCUT2D eigenvalue weighted by molar-refractivity contribution is -0.174. The molecule has 2 heterocycles. The Hall–Kier alpha value is -2.46. The van der Waals surface area contributed by atoms with Gasteiger partial charge >= 0.3 is 6.18 Å².